The molecule has 25 rings (SSSR count). The van der Waals surface area contributed by atoms with Crippen LogP contribution in [0, 0.1) is 0 Å². The molecule has 3 nitrogen and oxygen atoms in total. The summed E-state index contributed by atoms with van der Waals surface area (Å²) in [6.07, 6.45) is 30.8. The van der Waals surface area contributed by atoms with E-state index in [1.165, 1.54) is 343 Å². The summed E-state index contributed by atoms with van der Waals surface area (Å²) < 4.78 is 14.8. The number of hydrogen-bond donors (Lipinski definition) is 0. The minimum absolute atomic E-state index is 0.0192. The van der Waals surface area contributed by atoms with Crippen LogP contribution in [0.25, 0.3) is 166 Å². The summed E-state index contributed by atoms with van der Waals surface area (Å²) >= 11 is 0. The Morgan fingerprint density at radius 2 is 0.520 bits per heavy atom. The molecule has 148 heavy (non-hydrogen) atoms. The van der Waals surface area contributed by atoms with Gasteiger partial charge in [-0.3, -0.25) is 0 Å². The smallest absolute Gasteiger partial charge is 0.144 e. The number of unbranched alkanes of at least 4 members (excludes halogenated alkanes) is 16. The van der Waals surface area contributed by atoms with Gasteiger partial charge in [0.1, 0.15) is 22.3 Å². The Kier molecular flexibility index (Phi) is 23.4. The van der Waals surface area contributed by atoms with E-state index < -0.39 is 5.41 Å². The van der Waals surface area contributed by atoms with Crippen molar-refractivity contribution in [3.05, 3.63) is 375 Å². The highest BCUT2D eigenvalue weighted by atomic mass is 16.3. The van der Waals surface area contributed by atoms with Crippen LogP contribution in [0.2, 0.25) is 0 Å². The van der Waals surface area contributed by atoms with Gasteiger partial charge in [-0.2, -0.15) is 0 Å². The third-order valence-corrected chi connectivity index (χ3v) is 37.8. The lowest BCUT2D eigenvalue weighted by atomic mass is 9.70. The Hall–Kier alpha value is -13.1. The van der Waals surface area contributed by atoms with Crippen LogP contribution in [0.5, 0.6) is 0 Å². The van der Waals surface area contributed by atoms with Crippen LogP contribution in [0.15, 0.2) is 300 Å². The van der Waals surface area contributed by atoms with E-state index in [9.17, 15) is 0 Å². The SMILES string of the molecule is CCCCCCCC1(CCCCCCC)c2ccccc2-c2ccc(-c3ccc4c(c3)C(C)(C)c3cc(-c5cc6c(c7c5oc5ccccc57)-c5ccc(N(c7ccc(C(C)(C)C)cc7)c7ccc8c(c7)C(C)(C)c7cc9c(cc7-8)C(C)(C)c7cc(-c8ccc%10c(c8)C(C)(C)c8cc(-c%11ccc%12c(c%11)C(CCCCCCC)(CCCCCCC)c%11ccccc%11-%12)ccc8-%10)c8c(oc%10ccccc%108)c7-9)cc5C6(C)C)ccc3-4)cc21. The Morgan fingerprint density at radius 1 is 0.216 bits per heavy atom. The second kappa shape index (κ2) is 36.1. The van der Waals surface area contributed by atoms with Crippen LogP contribution in [0.3, 0.4) is 0 Å². The summed E-state index contributed by atoms with van der Waals surface area (Å²) in [6.45, 7) is 41.0. The van der Waals surface area contributed by atoms with Gasteiger partial charge in [0.05, 0.1) is 0 Å². The zero-order chi connectivity index (χ0) is 102. The van der Waals surface area contributed by atoms with Crippen LogP contribution in [-0.4, -0.2) is 0 Å². The van der Waals surface area contributed by atoms with Gasteiger partial charge >= 0.3 is 0 Å². The third kappa shape index (κ3) is 14.8. The molecule has 3 heteroatoms. The Balaban J connectivity index is 0.538. The Bertz CT molecular complexity index is 8380. The van der Waals surface area contributed by atoms with Crippen LogP contribution in [-0.2, 0) is 43.3 Å². The zero-order valence-electron chi connectivity index (χ0n) is 90.9. The van der Waals surface area contributed by atoms with Crippen molar-refractivity contribution in [2.45, 2.75) is 315 Å². The van der Waals surface area contributed by atoms with Crippen molar-refractivity contribution in [3.63, 3.8) is 0 Å². The first-order valence-electron chi connectivity index (χ1n) is 57.1. The predicted molar refractivity (Wildman–Crippen MR) is 630 cm³/mol. The number of hydrogen-bond acceptors (Lipinski definition) is 3. The molecule has 7 aliphatic rings. The molecular formula is C145H147NO2. The summed E-state index contributed by atoms with van der Waals surface area (Å²) in [5.41, 5.74) is 55.3. The first kappa shape index (κ1) is 95.8. The molecular weight excluding hydrogens is 1790 g/mol. The molecule has 2 aromatic heterocycles. The van der Waals surface area contributed by atoms with Crippen LogP contribution < -0.4 is 4.90 Å². The molecule has 18 aromatic rings. The topological polar surface area (TPSA) is 29.5 Å². The molecule has 2 heterocycles. The summed E-state index contributed by atoms with van der Waals surface area (Å²) in [7, 11) is 0. The monoisotopic (exact) mass is 1930 g/mol. The fourth-order valence-electron chi connectivity index (χ4n) is 29.5. The number of para-hydroxylation sites is 2. The van der Waals surface area contributed by atoms with E-state index in [0.29, 0.717) is 0 Å². The van der Waals surface area contributed by atoms with Crippen LogP contribution in [0.4, 0.5) is 17.1 Å². The molecule has 0 aliphatic heterocycles. The molecule has 0 fully saturated rings. The van der Waals surface area contributed by atoms with Gasteiger partial charge in [-0.05, 0) is 335 Å². The second-order valence-corrected chi connectivity index (χ2v) is 49.4. The van der Waals surface area contributed by atoms with Crippen molar-refractivity contribution in [1.29, 1.82) is 0 Å². The van der Waals surface area contributed by atoms with Gasteiger partial charge in [-0.1, -0.05) is 428 Å². The van der Waals surface area contributed by atoms with E-state index in [4.69, 9.17) is 8.83 Å². The molecule has 0 saturated carbocycles. The second-order valence-electron chi connectivity index (χ2n) is 49.4. The maximum atomic E-state index is 7.44. The average molecular weight is 1940 g/mol. The van der Waals surface area contributed by atoms with Crippen LogP contribution >= 0.6 is 0 Å². The number of anilines is 3. The van der Waals surface area contributed by atoms with Gasteiger partial charge in [0, 0.05) is 87.6 Å². The molecule has 0 unspecified atom stereocenters. The lowest BCUT2D eigenvalue weighted by Gasteiger charge is -2.33. The largest absolute Gasteiger partial charge is 0.455 e. The van der Waals surface area contributed by atoms with E-state index in [0.717, 1.165) is 55.7 Å². The normalized spacial score (nSPS) is 15.8. The fraction of sp³-hybridized carbons (Fsp3) is 0.338. The van der Waals surface area contributed by atoms with Crippen molar-refractivity contribution < 1.29 is 8.83 Å². The van der Waals surface area contributed by atoms with Crippen LogP contribution in [0.1, 0.15) is 355 Å². The number of nitrogens with zero attached hydrogens (tertiary/aromatic N) is 1. The molecule has 0 N–H and O–H groups in total. The van der Waals surface area contributed by atoms with E-state index in [-0.39, 0.29) is 37.9 Å². The molecule has 7 aliphatic carbocycles. The van der Waals surface area contributed by atoms with Gasteiger partial charge in [0.15, 0.2) is 0 Å². The first-order valence-corrected chi connectivity index (χ1v) is 57.1. The summed E-state index contributed by atoms with van der Waals surface area (Å²) in [5.74, 6) is 0. The molecule has 0 spiro atoms. The number of benzene rings is 16. The summed E-state index contributed by atoms with van der Waals surface area (Å²) in [6, 6.07) is 116. The fourth-order valence-corrected chi connectivity index (χ4v) is 29.5. The minimum atomic E-state index is -0.411. The van der Waals surface area contributed by atoms with Crippen molar-refractivity contribution in [2.24, 2.45) is 0 Å². The highest BCUT2D eigenvalue weighted by Gasteiger charge is 2.50. The lowest BCUT2D eigenvalue weighted by molar-refractivity contribution is 0.399. The highest BCUT2D eigenvalue weighted by molar-refractivity contribution is 6.21. The van der Waals surface area contributed by atoms with Gasteiger partial charge in [0.2, 0.25) is 0 Å². The van der Waals surface area contributed by atoms with Gasteiger partial charge < -0.3 is 13.7 Å². The van der Waals surface area contributed by atoms with E-state index in [2.05, 4.69) is 414 Å². The van der Waals surface area contributed by atoms with Gasteiger partial charge in [-0.15, -0.1) is 0 Å². The standard InChI is InChI=1S/C145H147NO2/c1-18-22-26-30-42-74-144(75-43-31-27-23-19-2)116-50-38-34-46-100(116)106-68-56-92(80-126(106)144)90-54-66-102-104-70-58-94(82-120(104)139(8,9)118(102)78-90)112-86-129-134(137-132(112)110-48-36-40-52-130(110)148-137)115-89-124-114(88-125(115)143(129,16)17)108-72-64-98(84-122(108)141(124,12)13)146(97-62-60-96(61-63-97)138(5,6)7)99-65-73-109-123(85-99)142(14,15)128-87-113(136-135(133(109)128)111-49-37-41-53-131(111)147-136)95-59-71-105-103-67-55-91(79-119(103)140(10,11)121(105)83-95)93-57-69-107-101-47-35-39-51-117(101)145(127(107)81-93,76-44-32-28-24-20-3)77-45-33-29-25-21-4/h34-41,46-73,78-89H,18-33,42-45,74-77H2,1-17H3. The molecule has 0 radical (unpaired) electrons. The molecule has 0 amide bonds. The molecule has 16 aromatic carbocycles. The number of furan rings is 2. The van der Waals surface area contributed by atoms with Crippen molar-refractivity contribution in [2.75, 3.05) is 4.90 Å². The Labute approximate surface area is 880 Å². The van der Waals surface area contributed by atoms with Crippen molar-refractivity contribution in [3.8, 4) is 122 Å². The number of rotatable bonds is 31. The maximum Gasteiger partial charge on any atom is 0.144 e. The predicted octanol–water partition coefficient (Wildman–Crippen LogP) is 42.4. The van der Waals surface area contributed by atoms with E-state index >= 15 is 0 Å². The quantitative estimate of drug-likeness (QED) is 0.0406. The molecule has 0 saturated heterocycles. The van der Waals surface area contributed by atoms with Gasteiger partial charge in [-0.25, -0.2) is 0 Å². The highest BCUT2D eigenvalue weighted by Crippen LogP contribution is 2.66. The van der Waals surface area contributed by atoms with Crippen molar-refractivity contribution in [1.82, 2.24) is 0 Å². The third-order valence-electron chi connectivity index (χ3n) is 37.8. The first-order chi connectivity index (χ1) is 71.6. The summed E-state index contributed by atoms with van der Waals surface area (Å²) in [5, 5.41) is 4.68. The maximum absolute atomic E-state index is 7.44. The van der Waals surface area contributed by atoms with E-state index in [1.54, 1.807) is 22.3 Å². The van der Waals surface area contributed by atoms with Gasteiger partial charge in [0.25, 0.3) is 0 Å². The molecule has 744 valence electrons. The number of fused-ring (bicyclic) bond motifs is 29. The van der Waals surface area contributed by atoms with Crippen molar-refractivity contribution >= 4 is 60.9 Å². The molecule has 0 bridgehead atoms. The Morgan fingerprint density at radius 3 is 0.980 bits per heavy atom. The zero-order valence-corrected chi connectivity index (χ0v) is 90.9. The molecule has 0 atom stereocenters. The summed E-state index contributed by atoms with van der Waals surface area (Å²) in [4.78, 5) is 2.55. The minimum Gasteiger partial charge on any atom is -0.455 e. The lowest BCUT2D eigenvalue weighted by Crippen LogP contribution is -2.25. The average Bonchev–Trinajstić information content (AvgIpc) is 1.53. The van der Waals surface area contributed by atoms with E-state index in [1.807, 2.05) is 0 Å².